The third kappa shape index (κ3) is 2.98. The second-order valence-corrected chi connectivity index (χ2v) is 5.18. The summed E-state index contributed by atoms with van der Waals surface area (Å²) in [6, 6.07) is 8.89. The van der Waals surface area contributed by atoms with E-state index < -0.39 is 0 Å². The Hall–Kier alpha value is -2.60. The van der Waals surface area contributed by atoms with E-state index in [0.717, 1.165) is 16.6 Å². The number of halogens is 1. The summed E-state index contributed by atoms with van der Waals surface area (Å²) >= 11 is 5.92. The third-order valence-corrected chi connectivity index (χ3v) is 3.53. The molecule has 3 aromatic rings. The van der Waals surface area contributed by atoms with Crippen molar-refractivity contribution >= 4 is 28.5 Å². The lowest BCUT2D eigenvalue weighted by atomic mass is 10.1. The van der Waals surface area contributed by atoms with Crippen LogP contribution in [-0.4, -0.2) is 34.9 Å². The second kappa shape index (κ2) is 6.26. The van der Waals surface area contributed by atoms with Crippen LogP contribution in [0.3, 0.4) is 0 Å². The molecule has 0 saturated carbocycles. The van der Waals surface area contributed by atoms with Crippen molar-refractivity contribution in [1.82, 2.24) is 15.2 Å². The number of H-pyrrole nitrogens is 1. The van der Waals surface area contributed by atoms with E-state index in [1.807, 2.05) is 12.1 Å². The summed E-state index contributed by atoms with van der Waals surface area (Å²) < 4.78 is 10.2. The van der Waals surface area contributed by atoms with E-state index in [1.54, 1.807) is 25.1 Å². The number of nitrogens with one attached hydrogen (secondary N) is 1. The fraction of sp³-hybridized carbons (Fsp3) is 0.188. The molecule has 0 aliphatic heterocycles. The van der Waals surface area contributed by atoms with Crippen LogP contribution in [-0.2, 0) is 4.74 Å². The topological polar surface area (TPSA) is 77.1 Å². The van der Waals surface area contributed by atoms with E-state index in [-0.39, 0.29) is 11.1 Å². The molecular formula is C16H14ClN3O3. The fourth-order valence-corrected chi connectivity index (χ4v) is 2.47. The molecule has 1 N–H and O–H groups in total. The molecule has 0 amide bonds. The Bertz CT molecular complexity index is 876. The highest BCUT2D eigenvalue weighted by molar-refractivity contribution is 6.29. The second-order valence-electron chi connectivity index (χ2n) is 4.80. The predicted octanol–water partition coefficient (Wildman–Crippen LogP) is 3.46. The first-order valence-electron chi connectivity index (χ1n) is 7.00. The van der Waals surface area contributed by atoms with Gasteiger partial charge in [0.1, 0.15) is 0 Å². The van der Waals surface area contributed by atoms with Gasteiger partial charge in [-0.3, -0.25) is 0 Å². The third-order valence-electron chi connectivity index (χ3n) is 3.35. The zero-order chi connectivity index (χ0) is 16.4. The maximum atomic E-state index is 11.8. The molecule has 118 valence electrons. The first-order chi connectivity index (χ1) is 11.1. The van der Waals surface area contributed by atoms with Gasteiger partial charge in [-0.2, -0.15) is 0 Å². The van der Waals surface area contributed by atoms with Crippen LogP contribution >= 0.6 is 11.6 Å². The first kappa shape index (κ1) is 15.3. The van der Waals surface area contributed by atoms with Gasteiger partial charge in [0.05, 0.1) is 30.5 Å². The number of carbonyl (C=O) groups is 1. The molecule has 0 radical (unpaired) electrons. The molecule has 0 spiro atoms. The van der Waals surface area contributed by atoms with Crippen molar-refractivity contribution in [3.8, 4) is 17.1 Å². The van der Waals surface area contributed by atoms with Crippen LogP contribution in [0.25, 0.3) is 22.2 Å². The minimum absolute atomic E-state index is 0.270. The van der Waals surface area contributed by atoms with Crippen molar-refractivity contribution in [3.63, 3.8) is 0 Å². The number of hydrogen-bond donors (Lipinski definition) is 1. The van der Waals surface area contributed by atoms with Crippen LogP contribution in [0, 0.1) is 0 Å². The largest absolute Gasteiger partial charge is 0.479 e. The lowest BCUT2D eigenvalue weighted by molar-refractivity contribution is 0.0526. The molecule has 0 bridgehead atoms. The molecule has 2 aromatic heterocycles. The number of aromatic amines is 1. The van der Waals surface area contributed by atoms with E-state index in [2.05, 4.69) is 15.2 Å². The standard InChI is InChI=1S/C16H14ClN3O3/c1-3-23-16(21)9-4-5-12-10(6-9)7-13(18-12)11-8-14(17)19-20-15(11)22-2/h4-8,18H,3H2,1-2H3. The number of benzene rings is 1. The molecular weight excluding hydrogens is 318 g/mol. The Morgan fingerprint density at radius 3 is 2.83 bits per heavy atom. The number of hydrogen-bond acceptors (Lipinski definition) is 5. The maximum absolute atomic E-state index is 11.8. The van der Waals surface area contributed by atoms with Crippen molar-refractivity contribution in [2.45, 2.75) is 6.92 Å². The average Bonchev–Trinajstić information content (AvgIpc) is 2.98. The van der Waals surface area contributed by atoms with Crippen molar-refractivity contribution in [1.29, 1.82) is 0 Å². The molecule has 0 aliphatic rings. The van der Waals surface area contributed by atoms with E-state index in [1.165, 1.54) is 7.11 Å². The number of aromatic nitrogens is 3. The van der Waals surface area contributed by atoms with Gasteiger partial charge in [-0.25, -0.2) is 4.79 Å². The molecule has 0 saturated heterocycles. The van der Waals surface area contributed by atoms with Crippen molar-refractivity contribution in [2.75, 3.05) is 13.7 Å². The summed E-state index contributed by atoms with van der Waals surface area (Å²) in [4.78, 5) is 15.1. The number of fused-ring (bicyclic) bond motifs is 1. The predicted molar refractivity (Wildman–Crippen MR) is 86.8 cm³/mol. The quantitative estimate of drug-likeness (QED) is 0.741. The van der Waals surface area contributed by atoms with Gasteiger partial charge in [0.15, 0.2) is 5.15 Å². The van der Waals surface area contributed by atoms with Gasteiger partial charge in [-0.15, -0.1) is 10.2 Å². The Kier molecular flexibility index (Phi) is 4.16. The molecule has 23 heavy (non-hydrogen) atoms. The highest BCUT2D eigenvalue weighted by Gasteiger charge is 2.14. The Morgan fingerprint density at radius 1 is 1.26 bits per heavy atom. The molecule has 0 aliphatic carbocycles. The Labute approximate surface area is 137 Å². The zero-order valence-corrected chi connectivity index (χ0v) is 13.3. The van der Waals surface area contributed by atoms with Crippen LogP contribution in [0.2, 0.25) is 5.15 Å². The molecule has 1 aromatic carbocycles. The number of nitrogens with zero attached hydrogens (tertiary/aromatic N) is 2. The maximum Gasteiger partial charge on any atom is 0.338 e. The normalized spacial score (nSPS) is 10.7. The first-order valence-corrected chi connectivity index (χ1v) is 7.37. The van der Waals surface area contributed by atoms with Crippen LogP contribution in [0.15, 0.2) is 30.3 Å². The monoisotopic (exact) mass is 331 g/mol. The molecule has 0 fully saturated rings. The van der Waals surface area contributed by atoms with Crippen LogP contribution in [0.4, 0.5) is 0 Å². The summed E-state index contributed by atoms with van der Waals surface area (Å²) in [7, 11) is 1.52. The van der Waals surface area contributed by atoms with Crippen molar-refractivity contribution in [3.05, 3.63) is 41.0 Å². The Balaban J connectivity index is 2.07. The molecule has 7 heteroatoms. The van der Waals surface area contributed by atoms with Gasteiger partial charge in [-0.1, -0.05) is 11.6 Å². The number of esters is 1. The SMILES string of the molecule is CCOC(=O)c1ccc2[nH]c(-c3cc(Cl)nnc3OC)cc2c1. The Morgan fingerprint density at radius 2 is 2.09 bits per heavy atom. The molecule has 0 atom stereocenters. The highest BCUT2D eigenvalue weighted by atomic mass is 35.5. The van der Waals surface area contributed by atoms with Gasteiger partial charge in [0, 0.05) is 10.9 Å². The van der Waals surface area contributed by atoms with Crippen molar-refractivity contribution in [2.24, 2.45) is 0 Å². The van der Waals surface area contributed by atoms with Gasteiger partial charge in [-0.05, 0) is 37.3 Å². The molecule has 6 nitrogen and oxygen atoms in total. The number of methoxy groups -OCH3 is 1. The summed E-state index contributed by atoms with van der Waals surface area (Å²) in [5.74, 6) is 0.0231. The van der Waals surface area contributed by atoms with Crippen LogP contribution < -0.4 is 4.74 Å². The average molecular weight is 332 g/mol. The smallest absolute Gasteiger partial charge is 0.338 e. The van der Waals surface area contributed by atoms with Gasteiger partial charge >= 0.3 is 5.97 Å². The van der Waals surface area contributed by atoms with Gasteiger partial charge in [0.25, 0.3) is 0 Å². The molecule has 2 heterocycles. The highest BCUT2D eigenvalue weighted by Crippen LogP contribution is 2.31. The minimum Gasteiger partial charge on any atom is -0.479 e. The van der Waals surface area contributed by atoms with E-state index >= 15 is 0 Å². The summed E-state index contributed by atoms with van der Waals surface area (Å²) in [5.41, 5.74) is 2.85. The lowest BCUT2D eigenvalue weighted by Crippen LogP contribution is -2.03. The van der Waals surface area contributed by atoms with Crippen molar-refractivity contribution < 1.29 is 14.3 Å². The molecule has 3 rings (SSSR count). The summed E-state index contributed by atoms with van der Waals surface area (Å²) in [6.45, 7) is 2.12. The molecule has 0 unspecified atom stereocenters. The van der Waals surface area contributed by atoms with E-state index in [9.17, 15) is 4.79 Å². The van der Waals surface area contributed by atoms with E-state index in [4.69, 9.17) is 21.1 Å². The van der Waals surface area contributed by atoms with Crippen LogP contribution in [0.5, 0.6) is 5.88 Å². The van der Waals surface area contributed by atoms with E-state index in [0.29, 0.717) is 23.6 Å². The lowest BCUT2D eigenvalue weighted by Gasteiger charge is -2.04. The summed E-state index contributed by atoms with van der Waals surface area (Å²) in [5, 5.41) is 8.82. The number of carbonyl (C=O) groups excluding carboxylic acids is 1. The summed E-state index contributed by atoms with van der Waals surface area (Å²) in [6.07, 6.45) is 0. The van der Waals surface area contributed by atoms with Gasteiger partial charge in [0.2, 0.25) is 5.88 Å². The van der Waals surface area contributed by atoms with Crippen LogP contribution in [0.1, 0.15) is 17.3 Å². The zero-order valence-electron chi connectivity index (χ0n) is 12.6. The number of rotatable bonds is 4. The van der Waals surface area contributed by atoms with Gasteiger partial charge < -0.3 is 14.5 Å². The fourth-order valence-electron chi connectivity index (χ4n) is 2.32. The minimum atomic E-state index is -0.344. The number of ether oxygens (including phenoxy) is 2.